The highest BCUT2D eigenvalue weighted by Crippen LogP contribution is 2.17. The van der Waals surface area contributed by atoms with Gasteiger partial charge in [0.05, 0.1) is 24.0 Å². The number of aromatic nitrogens is 4. The van der Waals surface area contributed by atoms with Crippen LogP contribution in [0.4, 0.5) is 0 Å². The molecule has 0 spiro atoms. The van der Waals surface area contributed by atoms with Crippen LogP contribution in [0.3, 0.4) is 0 Å². The lowest BCUT2D eigenvalue weighted by Crippen LogP contribution is -2.45. The molecule has 114 valence electrons. The smallest absolute Gasteiger partial charge is 0.316 e. The van der Waals surface area contributed by atoms with Crippen molar-refractivity contribution >= 4 is 17.5 Å². The highest BCUT2D eigenvalue weighted by Gasteiger charge is 2.27. The van der Waals surface area contributed by atoms with Crippen LogP contribution < -0.4 is 4.74 Å². The summed E-state index contributed by atoms with van der Waals surface area (Å²) in [5.41, 5.74) is 0. The average molecular weight is 320 g/mol. The van der Waals surface area contributed by atoms with Crippen LogP contribution in [0.5, 0.6) is 6.01 Å². The van der Waals surface area contributed by atoms with Gasteiger partial charge in [-0.3, -0.25) is 4.79 Å². The average Bonchev–Trinajstić information content (AvgIpc) is 2.57. The van der Waals surface area contributed by atoms with Crippen LogP contribution in [0, 0.1) is 0 Å². The van der Waals surface area contributed by atoms with Crippen LogP contribution in [-0.4, -0.2) is 49.9 Å². The van der Waals surface area contributed by atoms with E-state index in [1.807, 2.05) is 0 Å². The van der Waals surface area contributed by atoms with Crippen LogP contribution in [-0.2, 0) is 0 Å². The van der Waals surface area contributed by atoms with Crippen LogP contribution in [0.2, 0.25) is 5.02 Å². The molecule has 1 atom stereocenters. The van der Waals surface area contributed by atoms with Gasteiger partial charge in [-0.2, -0.15) is 0 Å². The van der Waals surface area contributed by atoms with E-state index in [2.05, 4.69) is 19.9 Å². The van der Waals surface area contributed by atoms with Gasteiger partial charge in [0, 0.05) is 18.9 Å². The molecule has 0 aromatic carbocycles. The van der Waals surface area contributed by atoms with Gasteiger partial charge in [0.25, 0.3) is 5.91 Å². The van der Waals surface area contributed by atoms with Gasteiger partial charge in [0.15, 0.2) is 0 Å². The maximum absolute atomic E-state index is 12.3. The summed E-state index contributed by atoms with van der Waals surface area (Å²) in [5, 5.41) is 0.453. The maximum Gasteiger partial charge on any atom is 0.316 e. The highest BCUT2D eigenvalue weighted by atomic mass is 35.5. The third kappa shape index (κ3) is 3.48. The Hall–Kier alpha value is -2.28. The third-order valence-corrected chi connectivity index (χ3v) is 3.49. The van der Waals surface area contributed by atoms with Crippen LogP contribution in [0.15, 0.2) is 30.9 Å². The molecule has 7 nitrogen and oxygen atoms in total. The minimum Gasteiger partial charge on any atom is -0.458 e. The summed E-state index contributed by atoms with van der Waals surface area (Å²) in [4.78, 5) is 30.0. The highest BCUT2D eigenvalue weighted by molar-refractivity contribution is 6.30. The fraction of sp³-hybridized carbons (Fsp3) is 0.357. The van der Waals surface area contributed by atoms with Crippen molar-refractivity contribution in [2.24, 2.45) is 0 Å². The van der Waals surface area contributed by atoms with Crippen molar-refractivity contribution in [1.29, 1.82) is 0 Å². The van der Waals surface area contributed by atoms with E-state index in [-0.39, 0.29) is 23.8 Å². The fourth-order valence-corrected chi connectivity index (χ4v) is 2.38. The van der Waals surface area contributed by atoms with Gasteiger partial charge in [-0.1, -0.05) is 11.6 Å². The fourth-order valence-electron chi connectivity index (χ4n) is 2.28. The van der Waals surface area contributed by atoms with Crippen molar-refractivity contribution in [2.75, 3.05) is 13.1 Å². The zero-order valence-electron chi connectivity index (χ0n) is 11.7. The van der Waals surface area contributed by atoms with Crippen LogP contribution in [0.1, 0.15) is 23.5 Å². The molecule has 22 heavy (non-hydrogen) atoms. The Morgan fingerprint density at radius 1 is 1.23 bits per heavy atom. The van der Waals surface area contributed by atoms with E-state index >= 15 is 0 Å². The summed E-state index contributed by atoms with van der Waals surface area (Å²) < 4.78 is 5.71. The molecule has 1 aliphatic heterocycles. The van der Waals surface area contributed by atoms with Crippen molar-refractivity contribution in [3.05, 3.63) is 41.7 Å². The third-order valence-electron chi connectivity index (χ3n) is 3.29. The van der Waals surface area contributed by atoms with Crippen molar-refractivity contribution in [2.45, 2.75) is 18.9 Å². The summed E-state index contributed by atoms with van der Waals surface area (Å²) >= 11 is 5.74. The molecular formula is C14H14ClN5O2. The van der Waals surface area contributed by atoms with Gasteiger partial charge in [-0.05, 0) is 18.9 Å². The number of amides is 1. The Kier molecular flexibility index (Phi) is 4.43. The van der Waals surface area contributed by atoms with Gasteiger partial charge in [0.1, 0.15) is 6.10 Å². The molecule has 3 rings (SSSR count). The molecule has 0 N–H and O–H groups in total. The molecule has 1 aliphatic rings. The molecule has 0 aliphatic carbocycles. The van der Waals surface area contributed by atoms with Gasteiger partial charge >= 0.3 is 6.01 Å². The van der Waals surface area contributed by atoms with Gasteiger partial charge in [0.2, 0.25) is 5.82 Å². The van der Waals surface area contributed by atoms with E-state index in [0.717, 1.165) is 12.8 Å². The topological polar surface area (TPSA) is 81.1 Å². The largest absolute Gasteiger partial charge is 0.458 e. The lowest BCUT2D eigenvalue weighted by atomic mass is 10.1. The first kappa shape index (κ1) is 14.6. The monoisotopic (exact) mass is 319 g/mol. The molecule has 8 heteroatoms. The summed E-state index contributed by atoms with van der Waals surface area (Å²) in [6.45, 7) is 1.13. The summed E-state index contributed by atoms with van der Waals surface area (Å²) in [6.07, 6.45) is 7.60. The number of halogens is 1. The Morgan fingerprint density at radius 3 is 2.68 bits per heavy atom. The summed E-state index contributed by atoms with van der Waals surface area (Å²) in [5.74, 6) is 0.0109. The number of likely N-dealkylation sites (tertiary alicyclic amines) is 1. The molecule has 0 bridgehead atoms. The molecule has 0 radical (unpaired) electrons. The van der Waals surface area contributed by atoms with Crippen LogP contribution >= 0.6 is 11.6 Å². The first-order chi connectivity index (χ1) is 10.7. The zero-order valence-corrected chi connectivity index (χ0v) is 12.5. The van der Waals surface area contributed by atoms with E-state index in [1.165, 1.54) is 12.4 Å². The van der Waals surface area contributed by atoms with E-state index in [4.69, 9.17) is 16.3 Å². The second-order valence-electron chi connectivity index (χ2n) is 4.89. The minimum absolute atomic E-state index is 0.150. The second-order valence-corrected chi connectivity index (χ2v) is 5.33. The van der Waals surface area contributed by atoms with Crippen molar-refractivity contribution in [3.63, 3.8) is 0 Å². The number of carbonyl (C=O) groups is 1. The molecule has 1 fully saturated rings. The maximum atomic E-state index is 12.3. The lowest BCUT2D eigenvalue weighted by Gasteiger charge is -2.31. The summed E-state index contributed by atoms with van der Waals surface area (Å²) in [6, 6.07) is 1.94. The first-order valence-corrected chi connectivity index (χ1v) is 7.30. The normalized spacial score (nSPS) is 18.0. The molecule has 1 unspecified atom stereocenters. The number of rotatable bonds is 3. The molecule has 2 aromatic heterocycles. The van der Waals surface area contributed by atoms with Gasteiger partial charge in [-0.15, -0.1) is 0 Å². The van der Waals surface area contributed by atoms with E-state index in [9.17, 15) is 4.79 Å². The second kappa shape index (κ2) is 6.65. The molecule has 1 saturated heterocycles. The summed E-state index contributed by atoms with van der Waals surface area (Å²) in [7, 11) is 0. The van der Waals surface area contributed by atoms with Crippen LogP contribution in [0.25, 0.3) is 0 Å². The molecule has 2 aromatic rings. The Morgan fingerprint density at radius 2 is 1.95 bits per heavy atom. The van der Waals surface area contributed by atoms with Crippen molar-refractivity contribution in [3.8, 4) is 6.01 Å². The predicted octanol–water partition coefficient (Wildman–Crippen LogP) is 1.60. The number of hydrogen-bond donors (Lipinski definition) is 0. The molecule has 1 amide bonds. The van der Waals surface area contributed by atoms with Crippen molar-refractivity contribution in [1.82, 2.24) is 24.8 Å². The molecule has 3 heterocycles. The van der Waals surface area contributed by atoms with Gasteiger partial charge < -0.3 is 9.64 Å². The van der Waals surface area contributed by atoms with E-state index < -0.39 is 0 Å². The zero-order chi connectivity index (χ0) is 15.4. The Labute approximate surface area is 132 Å². The Balaban J connectivity index is 1.64. The van der Waals surface area contributed by atoms with E-state index in [1.54, 1.807) is 23.4 Å². The number of nitrogens with zero attached hydrogens (tertiary/aromatic N) is 5. The quantitative estimate of drug-likeness (QED) is 0.855. The first-order valence-electron chi connectivity index (χ1n) is 6.93. The number of ether oxygens (including phenoxy) is 1. The predicted molar refractivity (Wildman–Crippen MR) is 78.6 cm³/mol. The van der Waals surface area contributed by atoms with Gasteiger partial charge in [-0.25, -0.2) is 19.9 Å². The Bertz CT molecular complexity index is 637. The lowest BCUT2D eigenvalue weighted by molar-refractivity contribution is 0.0505. The molecular weight excluding hydrogens is 306 g/mol. The SMILES string of the molecule is O=C(c1ncccn1)N1CCCC(Oc2ncc(Cl)cn2)C1. The van der Waals surface area contributed by atoms with E-state index in [0.29, 0.717) is 18.1 Å². The molecule has 0 saturated carbocycles. The number of carbonyl (C=O) groups excluding carboxylic acids is 1. The standard InChI is InChI=1S/C14H14ClN5O2/c15-10-7-18-14(19-8-10)22-11-3-1-6-20(9-11)13(21)12-16-4-2-5-17-12/h2,4-5,7-8,11H,1,3,6,9H2. The minimum atomic E-state index is -0.189. The van der Waals surface area contributed by atoms with Crippen molar-refractivity contribution < 1.29 is 9.53 Å². The number of piperidine rings is 1. The number of hydrogen-bond acceptors (Lipinski definition) is 6.